The highest BCUT2D eigenvalue weighted by molar-refractivity contribution is 6.17. The molecular weight excluding hydrogens is 184 g/mol. The second-order valence-electron chi connectivity index (χ2n) is 2.66. The van der Waals surface area contributed by atoms with E-state index in [1.807, 2.05) is 30.3 Å². The van der Waals surface area contributed by atoms with Gasteiger partial charge in [0.2, 0.25) is 0 Å². The zero-order valence-electron chi connectivity index (χ0n) is 6.96. The predicted molar refractivity (Wildman–Crippen MR) is 54.1 cm³/mol. The lowest BCUT2D eigenvalue weighted by Gasteiger charge is -2.05. The summed E-state index contributed by atoms with van der Waals surface area (Å²) in [7, 11) is 0. The Morgan fingerprint density at radius 1 is 1.23 bits per heavy atom. The third kappa shape index (κ3) is 1.61. The number of halogens is 1. The normalized spacial score (nSPS) is 10.2. The fourth-order valence-electron chi connectivity index (χ4n) is 1.31. The van der Waals surface area contributed by atoms with E-state index in [2.05, 4.69) is 6.07 Å². The Balaban J connectivity index is 2.61. The largest absolute Gasteiger partial charge is 0.477 e. The van der Waals surface area contributed by atoms with Gasteiger partial charge in [-0.1, -0.05) is 35.9 Å². The smallest absolute Gasteiger partial charge is 0.162 e. The summed E-state index contributed by atoms with van der Waals surface area (Å²) in [6.07, 6.45) is 0. The summed E-state index contributed by atoms with van der Waals surface area (Å²) in [5.41, 5.74) is 0. The van der Waals surface area contributed by atoms with E-state index >= 15 is 0 Å². The molecule has 2 aromatic rings. The van der Waals surface area contributed by atoms with Crippen molar-refractivity contribution in [3.05, 3.63) is 42.5 Å². The van der Waals surface area contributed by atoms with Crippen LogP contribution >= 0.6 is 11.6 Å². The lowest BCUT2D eigenvalue weighted by atomic mass is 10.1. The van der Waals surface area contributed by atoms with Crippen LogP contribution in [0, 0.1) is 6.07 Å². The van der Waals surface area contributed by atoms with E-state index in [-0.39, 0.29) is 6.07 Å². The third-order valence-corrected chi connectivity index (χ3v) is 2.00. The molecule has 0 heterocycles. The maximum Gasteiger partial charge on any atom is 0.162 e. The van der Waals surface area contributed by atoms with Gasteiger partial charge in [0.05, 0.1) is 0 Å². The van der Waals surface area contributed by atoms with E-state index in [1.54, 1.807) is 6.07 Å². The molecule has 0 aromatic heterocycles. The first kappa shape index (κ1) is 8.39. The van der Waals surface area contributed by atoms with E-state index in [0.717, 1.165) is 16.5 Å². The van der Waals surface area contributed by atoms with Gasteiger partial charge >= 0.3 is 0 Å². The average Bonchev–Trinajstić information content (AvgIpc) is 2.19. The highest BCUT2D eigenvalue weighted by atomic mass is 35.5. The number of hydrogen-bond donors (Lipinski definition) is 0. The maximum absolute atomic E-state index is 5.50. The van der Waals surface area contributed by atoms with Crippen LogP contribution in [-0.2, 0) is 0 Å². The number of alkyl halides is 1. The van der Waals surface area contributed by atoms with Crippen molar-refractivity contribution in [2.75, 3.05) is 6.07 Å². The van der Waals surface area contributed by atoms with E-state index in [0.29, 0.717) is 0 Å². The molecule has 1 nitrogen and oxygen atoms in total. The Bertz CT molecular complexity index is 406. The summed E-state index contributed by atoms with van der Waals surface area (Å²) in [5, 5.41) is 2.19. The SMILES string of the molecule is ClCOc1c[c]cc2ccccc12. The Hall–Kier alpha value is -1.21. The molecule has 0 fully saturated rings. The third-order valence-electron chi connectivity index (χ3n) is 1.89. The minimum Gasteiger partial charge on any atom is -0.477 e. The summed E-state index contributed by atoms with van der Waals surface area (Å²) in [6.45, 7) is 0. The number of fused-ring (bicyclic) bond motifs is 1. The van der Waals surface area contributed by atoms with Crippen molar-refractivity contribution in [1.29, 1.82) is 0 Å². The summed E-state index contributed by atoms with van der Waals surface area (Å²) in [4.78, 5) is 0. The van der Waals surface area contributed by atoms with Crippen molar-refractivity contribution >= 4 is 22.4 Å². The van der Waals surface area contributed by atoms with Gasteiger partial charge in [-0.25, -0.2) is 0 Å². The first-order valence-corrected chi connectivity index (χ1v) is 4.53. The molecule has 0 bridgehead atoms. The van der Waals surface area contributed by atoms with Crippen LogP contribution < -0.4 is 4.74 Å². The molecule has 0 aliphatic heterocycles. The molecule has 2 aromatic carbocycles. The number of benzene rings is 2. The van der Waals surface area contributed by atoms with E-state index in [4.69, 9.17) is 16.3 Å². The van der Waals surface area contributed by atoms with Crippen molar-refractivity contribution in [2.24, 2.45) is 0 Å². The minimum atomic E-state index is 0.168. The van der Waals surface area contributed by atoms with Gasteiger partial charge < -0.3 is 4.74 Å². The molecular formula is C11H8ClO. The fraction of sp³-hybridized carbons (Fsp3) is 0.0909. The maximum atomic E-state index is 5.50. The number of rotatable bonds is 2. The van der Waals surface area contributed by atoms with Gasteiger partial charge in [0.15, 0.2) is 6.07 Å². The molecule has 0 amide bonds. The van der Waals surface area contributed by atoms with Crippen molar-refractivity contribution in [3.63, 3.8) is 0 Å². The van der Waals surface area contributed by atoms with Crippen LogP contribution in [-0.4, -0.2) is 6.07 Å². The zero-order valence-corrected chi connectivity index (χ0v) is 7.71. The van der Waals surface area contributed by atoms with Crippen molar-refractivity contribution in [3.8, 4) is 5.75 Å². The second kappa shape index (κ2) is 3.67. The van der Waals surface area contributed by atoms with Crippen LogP contribution in [0.2, 0.25) is 0 Å². The summed E-state index contributed by atoms with van der Waals surface area (Å²) in [5.74, 6) is 0.785. The van der Waals surface area contributed by atoms with Crippen molar-refractivity contribution < 1.29 is 4.74 Å². The van der Waals surface area contributed by atoms with Gasteiger partial charge in [0.1, 0.15) is 5.75 Å². The molecule has 0 atom stereocenters. The lowest BCUT2D eigenvalue weighted by molar-refractivity contribution is 0.392. The second-order valence-corrected chi connectivity index (χ2v) is 2.88. The monoisotopic (exact) mass is 191 g/mol. The summed E-state index contributed by atoms with van der Waals surface area (Å²) < 4.78 is 5.25. The molecule has 0 aliphatic carbocycles. The molecule has 65 valence electrons. The van der Waals surface area contributed by atoms with E-state index < -0.39 is 0 Å². The standard InChI is InChI=1S/C11H8ClO/c12-8-13-11-7-3-5-9-4-1-2-6-10(9)11/h1-2,4-7H,8H2. The topological polar surface area (TPSA) is 9.23 Å². The van der Waals surface area contributed by atoms with Crippen molar-refractivity contribution in [1.82, 2.24) is 0 Å². The predicted octanol–water partition coefficient (Wildman–Crippen LogP) is 3.22. The highest BCUT2D eigenvalue weighted by Crippen LogP contribution is 2.24. The molecule has 0 aliphatic rings. The highest BCUT2D eigenvalue weighted by Gasteiger charge is 1.99. The van der Waals surface area contributed by atoms with Gasteiger partial charge in [-0.2, -0.15) is 0 Å². The average molecular weight is 192 g/mol. The molecule has 13 heavy (non-hydrogen) atoms. The van der Waals surface area contributed by atoms with Crippen molar-refractivity contribution in [2.45, 2.75) is 0 Å². The van der Waals surface area contributed by atoms with Gasteiger partial charge in [-0.05, 0) is 23.6 Å². The Morgan fingerprint density at radius 2 is 2.08 bits per heavy atom. The van der Waals surface area contributed by atoms with Gasteiger partial charge in [-0.3, -0.25) is 0 Å². The van der Waals surface area contributed by atoms with E-state index in [9.17, 15) is 0 Å². The Morgan fingerprint density at radius 3 is 2.92 bits per heavy atom. The van der Waals surface area contributed by atoms with Crippen LogP contribution in [0.3, 0.4) is 0 Å². The summed E-state index contributed by atoms with van der Waals surface area (Å²) in [6, 6.07) is 14.9. The van der Waals surface area contributed by atoms with E-state index in [1.165, 1.54) is 0 Å². The molecule has 0 saturated heterocycles. The quantitative estimate of drug-likeness (QED) is 0.663. The van der Waals surface area contributed by atoms with Crippen LogP contribution in [0.25, 0.3) is 10.8 Å². The molecule has 0 unspecified atom stereocenters. The molecule has 0 saturated carbocycles. The molecule has 2 heteroatoms. The number of hydrogen-bond acceptors (Lipinski definition) is 1. The lowest BCUT2D eigenvalue weighted by Crippen LogP contribution is -1.89. The van der Waals surface area contributed by atoms with Gasteiger partial charge in [-0.15, -0.1) is 0 Å². The zero-order chi connectivity index (χ0) is 9.10. The first-order chi connectivity index (χ1) is 6.42. The first-order valence-electron chi connectivity index (χ1n) is 3.99. The minimum absolute atomic E-state index is 0.168. The van der Waals surface area contributed by atoms with Crippen LogP contribution in [0.1, 0.15) is 0 Å². The Kier molecular flexibility index (Phi) is 2.37. The van der Waals surface area contributed by atoms with Crippen LogP contribution in [0.4, 0.5) is 0 Å². The van der Waals surface area contributed by atoms with Crippen LogP contribution in [0.5, 0.6) is 5.75 Å². The van der Waals surface area contributed by atoms with Gasteiger partial charge in [0.25, 0.3) is 0 Å². The molecule has 1 radical (unpaired) electrons. The molecule has 0 spiro atoms. The fourth-order valence-corrected chi connectivity index (χ4v) is 1.43. The van der Waals surface area contributed by atoms with Crippen LogP contribution in [0.15, 0.2) is 36.4 Å². The molecule has 0 N–H and O–H groups in total. The Labute approximate surface area is 81.9 Å². The number of ether oxygens (including phenoxy) is 1. The van der Waals surface area contributed by atoms with Gasteiger partial charge in [0, 0.05) is 5.39 Å². The molecule has 2 rings (SSSR count). The summed E-state index contributed by atoms with van der Waals surface area (Å²) >= 11 is 5.50.